The van der Waals surface area contributed by atoms with Gasteiger partial charge in [0, 0.05) is 19.0 Å². The van der Waals surface area contributed by atoms with Gasteiger partial charge in [-0.05, 0) is 20.8 Å². The zero-order valence-corrected chi connectivity index (χ0v) is 9.86. The first-order chi connectivity index (χ1) is 7.42. The van der Waals surface area contributed by atoms with E-state index in [0.29, 0.717) is 26.1 Å². The number of nitrogens with zero attached hydrogens (tertiary/aromatic N) is 1. The normalized spacial score (nSPS) is 16.6. The van der Waals surface area contributed by atoms with Gasteiger partial charge in [-0.3, -0.25) is 9.63 Å². The highest BCUT2D eigenvalue weighted by molar-refractivity contribution is 5.69. The fourth-order valence-corrected chi connectivity index (χ4v) is 1.35. The highest BCUT2D eigenvalue weighted by atomic mass is 16.6. The molecule has 1 fully saturated rings. The minimum Gasteiger partial charge on any atom is -0.444 e. The molecule has 0 bridgehead atoms. The second kappa shape index (κ2) is 5.16. The fraction of sp³-hybridized carbons (Fsp3) is 0.800. The van der Waals surface area contributed by atoms with Crippen LogP contribution in [0.25, 0.3) is 0 Å². The molecule has 0 spiro atoms. The Labute approximate surface area is 94.8 Å². The monoisotopic (exact) mass is 230 g/mol. The zero-order chi connectivity index (χ0) is 12.2. The smallest absolute Gasteiger partial charge is 0.410 e. The Kier molecular flexibility index (Phi) is 4.12. The van der Waals surface area contributed by atoms with Crippen LogP contribution < -0.4 is 5.48 Å². The molecule has 1 aliphatic rings. The first-order valence-corrected chi connectivity index (χ1v) is 5.21. The maximum absolute atomic E-state index is 11.5. The molecule has 6 nitrogen and oxygen atoms in total. The lowest BCUT2D eigenvalue weighted by Gasteiger charge is -2.39. The number of ether oxygens (including phenoxy) is 1. The maximum Gasteiger partial charge on any atom is 0.410 e. The molecule has 0 atom stereocenters. The second-order valence-corrected chi connectivity index (χ2v) is 4.80. The van der Waals surface area contributed by atoms with Crippen LogP contribution in [0.15, 0.2) is 0 Å². The van der Waals surface area contributed by atoms with Crippen molar-refractivity contribution < 1.29 is 19.2 Å². The van der Waals surface area contributed by atoms with Crippen LogP contribution in [-0.2, 0) is 14.4 Å². The molecule has 1 heterocycles. The highest BCUT2D eigenvalue weighted by Gasteiger charge is 2.33. The highest BCUT2D eigenvalue weighted by Crippen LogP contribution is 2.19. The molecule has 0 aromatic rings. The summed E-state index contributed by atoms with van der Waals surface area (Å²) < 4.78 is 5.19. The van der Waals surface area contributed by atoms with E-state index in [9.17, 15) is 9.59 Å². The van der Waals surface area contributed by atoms with Crippen molar-refractivity contribution in [2.45, 2.75) is 26.4 Å². The van der Waals surface area contributed by atoms with Crippen LogP contribution in [0, 0.1) is 5.92 Å². The standard InChI is InChI=1S/C10H18N2O4/c1-10(2,3)16-9(14)12-4-8(5-12)6-15-11-7-13/h7-8H,4-6H2,1-3H3,(H,11,13). The van der Waals surface area contributed by atoms with Crippen LogP contribution in [0.4, 0.5) is 4.79 Å². The summed E-state index contributed by atoms with van der Waals surface area (Å²) in [7, 11) is 0. The first kappa shape index (κ1) is 12.8. The van der Waals surface area contributed by atoms with Crippen molar-refractivity contribution in [1.29, 1.82) is 0 Å². The van der Waals surface area contributed by atoms with Gasteiger partial charge in [-0.25, -0.2) is 10.3 Å². The average Bonchev–Trinajstić information content (AvgIpc) is 2.05. The Morgan fingerprint density at radius 1 is 1.50 bits per heavy atom. The van der Waals surface area contributed by atoms with Crippen molar-refractivity contribution in [1.82, 2.24) is 10.4 Å². The van der Waals surface area contributed by atoms with Gasteiger partial charge >= 0.3 is 6.09 Å². The molecule has 0 saturated carbocycles. The molecule has 16 heavy (non-hydrogen) atoms. The summed E-state index contributed by atoms with van der Waals surface area (Å²) in [6.45, 7) is 7.13. The summed E-state index contributed by atoms with van der Waals surface area (Å²) in [6, 6.07) is 0. The third-order valence-electron chi connectivity index (χ3n) is 2.06. The predicted molar refractivity (Wildman–Crippen MR) is 56.4 cm³/mol. The Balaban J connectivity index is 2.15. The Morgan fingerprint density at radius 3 is 2.62 bits per heavy atom. The van der Waals surface area contributed by atoms with E-state index in [1.54, 1.807) is 4.90 Å². The van der Waals surface area contributed by atoms with Gasteiger partial charge in [-0.1, -0.05) is 0 Å². The summed E-state index contributed by atoms with van der Waals surface area (Å²) >= 11 is 0. The van der Waals surface area contributed by atoms with Gasteiger partial charge < -0.3 is 9.64 Å². The number of hydrogen-bond acceptors (Lipinski definition) is 4. The zero-order valence-electron chi connectivity index (χ0n) is 9.86. The van der Waals surface area contributed by atoms with Crippen LogP contribution in [0.3, 0.4) is 0 Å². The molecule has 1 aliphatic heterocycles. The van der Waals surface area contributed by atoms with E-state index in [4.69, 9.17) is 9.57 Å². The quantitative estimate of drug-likeness (QED) is 0.434. The van der Waals surface area contributed by atoms with Gasteiger partial charge in [-0.2, -0.15) is 0 Å². The number of hydroxylamine groups is 1. The number of amides is 2. The molecule has 0 aliphatic carbocycles. The Morgan fingerprint density at radius 2 is 2.12 bits per heavy atom. The lowest BCUT2D eigenvalue weighted by atomic mass is 10.0. The topological polar surface area (TPSA) is 67.9 Å². The van der Waals surface area contributed by atoms with Gasteiger partial charge in [0.2, 0.25) is 6.41 Å². The second-order valence-electron chi connectivity index (χ2n) is 4.80. The molecular weight excluding hydrogens is 212 g/mol. The molecule has 0 radical (unpaired) electrons. The Hall–Kier alpha value is -1.30. The number of carbonyl (C=O) groups is 2. The summed E-state index contributed by atoms with van der Waals surface area (Å²) in [5, 5.41) is 0. The molecule has 1 N–H and O–H groups in total. The predicted octanol–water partition coefficient (Wildman–Crippen LogP) is 0.531. The third kappa shape index (κ3) is 4.06. The van der Waals surface area contributed by atoms with Crippen LogP contribution in [0.2, 0.25) is 0 Å². The minimum atomic E-state index is -0.461. The molecule has 1 rings (SSSR count). The van der Waals surface area contributed by atoms with Gasteiger partial charge in [0.25, 0.3) is 0 Å². The average molecular weight is 230 g/mol. The van der Waals surface area contributed by atoms with Gasteiger partial charge in [0.05, 0.1) is 6.61 Å². The van der Waals surface area contributed by atoms with Crippen LogP contribution in [0.1, 0.15) is 20.8 Å². The molecular formula is C10H18N2O4. The SMILES string of the molecule is CC(C)(C)OC(=O)N1CC(CONC=O)C1. The van der Waals surface area contributed by atoms with E-state index in [0.717, 1.165) is 0 Å². The molecule has 92 valence electrons. The van der Waals surface area contributed by atoms with E-state index in [2.05, 4.69) is 5.48 Å². The maximum atomic E-state index is 11.5. The van der Waals surface area contributed by atoms with E-state index >= 15 is 0 Å². The van der Waals surface area contributed by atoms with Crippen LogP contribution in [-0.4, -0.2) is 42.7 Å². The van der Waals surface area contributed by atoms with Gasteiger partial charge in [0.1, 0.15) is 5.60 Å². The lowest BCUT2D eigenvalue weighted by Crippen LogP contribution is -2.53. The lowest BCUT2D eigenvalue weighted by molar-refractivity contribution is -0.123. The number of likely N-dealkylation sites (tertiary alicyclic amines) is 1. The summed E-state index contributed by atoms with van der Waals surface area (Å²) in [4.78, 5) is 27.8. The van der Waals surface area contributed by atoms with Crippen molar-refractivity contribution in [2.75, 3.05) is 19.7 Å². The molecule has 6 heteroatoms. The van der Waals surface area contributed by atoms with Gasteiger partial charge in [-0.15, -0.1) is 0 Å². The van der Waals surface area contributed by atoms with Crippen LogP contribution >= 0.6 is 0 Å². The van der Waals surface area contributed by atoms with Crippen molar-refractivity contribution in [2.24, 2.45) is 5.92 Å². The molecule has 0 unspecified atom stereocenters. The molecule has 1 saturated heterocycles. The van der Waals surface area contributed by atoms with E-state index < -0.39 is 5.60 Å². The number of rotatable bonds is 4. The van der Waals surface area contributed by atoms with E-state index in [-0.39, 0.29) is 12.0 Å². The van der Waals surface area contributed by atoms with Crippen molar-refractivity contribution in [3.05, 3.63) is 0 Å². The minimum absolute atomic E-state index is 0.264. The van der Waals surface area contributed by atoms with E-state index in [1.807, 2.05) is 20.8 Å². The third-order valence-corrected chi connectivity index (χ3v) is 2.06. The number of hydrogen-bond donors (Lipinski definition) is 1. The van der Waals surface area contributed by atoms with Gasteiger partial charge in [0.15, 0.2) is 0 Å². The molecule has 2 amide bonds. The van der Waals surface area contributed by atoms with Crippen molar-refractivity contribution in [3.63, 3.8) is 0 Å². The Bertz CT molecular complexity index is 256. The number of carbonyl (C=O) groups excluding carboxylic acids is 2. The summed E-state index contributed by atoms with van der Waals surface area (Å²) in [6.07, 6.45) is 0.178. The van der Waals surface area contributed by atoms with Crippen molar-refractivity contribution in [3.8, 4) is 0 Å². The summed E-state index contributed by atoms with van der Waals surface area (Å²) in [5.41, 5.74) is 1.65. The first-order valence-electron chi connectivity index (χ1n) is 5.21. The molecule has 0 aromatic heterocycles. The number of nitrogens with one attached hydrogen (secondary N) is 1. The van der Waals surface area contributed by atoms with Crippen molar-refractivity contribution >= 4 is 12.5 Å². The van der Waals surface area contributed by atoms with E-state index in [1.165, 1.54) is 0 Å². The molecule has 0 aromatic carbocycles. The van der Waals surface area contributed by atoms with Crippen LogP contribution in [0.5, 0.6) is 0 Å². The fourth-order valence-electron chi connectivity index (χ4n) is 1.35. The summed E-state index contributed by atoms with van der Waals surface area (Å²) in [5.74, 6) is 0.264. The largest absolute Gasteiger partial charge is 0.444 e.